The number of hydrogen-bond donors (Lipinski definition) is 2. The zero-order valence-corrected chi connectivity index (χ0v) is 33.1. The molecule has 6 heteroatoms. The molecule has 0 atom stereocenters. The molecule has 6 nitrogen and oxygen atoms in total. The van der Waals surface area contributed by atoms with E-state index in [0.29, 0.717) is 6.10 Å². The van der Waals surface area contributed by atoms with E-state index in [1.54, 1.807) is 0 Å². The van der Waals surface area contributed by atoms with Crippen molar-refractivity contribution in [2.45, 2.75) is 179 Å². The Morgan fingerprint density at radius 2 is 1.00 bits per heavy atom. The summed E-state index contributed by atoms with van der Waals surface area (Å²) in [5.41, 5.74) is 0. The molecule has 0 spiro atoms. The molecular formula is C43H97N5O. The first kappa shape index (κ1) is 53.1. The van der Waals surface area contributed by atoms with Gasteiger partial charge in [-0.15, -0.1) is 0 Å². The molecule has 0 unspecified atom stereocenters. The van der Waals surface area contributed by atoms with E-state index in [4.69, 9.17) is 4.74 Å². The normalized spacial score (nSPS) is 18.6. The largest absolute Gasteiger partial charge is 0.378 e. The van der Waals surface area contributed by atoms with Crippen molar-refractivity contribution in [2.24, 2.45) is 23.7 Å². The Kier molecular flexibility index (Phi) is 36.4. The van der Waals surface area contributed by atoms with Crippen molar-refractivity contribution in [2.75, 3.05) is 79.6 Å². The van der Waals surface area contributed by atoms with Crippen LogP contribution in [0.5, 0.6) is 0 Å². The molecule has 0 radical (unpaired) electrons. The summed E-state index contributed by atoms with van der Waals surface area (Å²) in [5, 5.41) is 6.78. The van der Waals surface area contributed by atoms with Gasteiger partial charge in [0.2, 0.25) is 0 Å². The lowest BCUT2D eigenvalue weighted by atomic mass is 9.91. The van der Waals surface area contributed by atoms with E-state index in [1.807, 2.05) is 0 Å². The molecule has 2 N–H and O–H groups in total. The first-order valence-corrected chi connectivity index (χ1v) is 20.1. The maximum Gasteiger partial charge on any atom is 0.0575 e. The van der Waals surface area contributed by atoms with Crippen LogP contribution in [0.3, 0.4) is 0 Å². The van der Waals surface area contributed by atoms with Crippen molar-refractivity contribution in [3.8, 4) is 0 Å². The molecule has 2 aliphatic carbocycles. The quantitative estimate of drug-likeness (QED) is 0.167. The van der Waals surface area contributed by atoms with Crippen LogP contribution in [0.4, 0.5) is 0 Å². The number of nitrogens with zero attached hydrogens (tertiary/aromatic N) is 3. The van der Waals surface area contributed by atoms with Gasteiger partial charge in [-0.3, -0.25) is 0 Å². The molecule has 0 aromatic carbocycles. The second-order valence-electron chi connectivity index (χ2n) is 16.6. The first-order valence-electron chi connectivity index (χ1n) is 20.1. The monoisotopic (exact) mass is 700 g/mol. The fourth-order valence-electron chi connectivity index (χ4n) is 6.03. The summed E-state index contributed by atoms with van der Waals surface area (Å²) in [6.07, 6.45) is 18.3. The summed E-state index contributed by atoms with van der Waals surface area (Å²) in [6, 6.07) is 1.76. The van der Waals surface area contributed by atoms with Gasteiger partial charge in [0, 0.05) is 44.9 Å². The average molecular weight is 700 g/mol. The lowest BCUT2D eigenvalue weighted by Gasteiger charge is -2.35. The van der Waals surface area contributed by atoms with Gasteiger partial charge in [0.05, 0.1) is 6.10 Å². The van der Waals surface area contributed by atoms with Crippen molar-refractivity contribution < 1.29 is 4.74 Å². The molecule has 49 heavy (non-hydrogen) atoms. The van der Waals surface area contributed by atoms with Gasteiger partial charge in [0.15, 0.2) is 0 Å². The van der Waals surface area contributed by atoms with Crippen molar-refractivity contribution in [1.82, 2.24) is 25.3 Å². The second-order valence-corrected chi connectivity index (χ2v) is 16.6. The summed E-state index contributed by atoms with van der Waals surface area (Å²) >= 11 is 0. The van der Waals surface area contributed by atoms with Gasteiger partial charge in [-0.2, -0.15) is 0 Å². The molecule has 4 fully saturated rings. The molecule has 4 aliphatic rings. The van der Waals surface area contributed by atoms with E-state index in [9.17, 15) is 0 Å². The molecular weight excluding hydrogens is 603 g/mol. The average Bonchev–Trinajstić information content (AvgIpc) is 2.97. The molecule has 2 heterocycles. The zero-order valence-electron chi connectivity index (χ0n) is 33.1. The molecule has 2 saturated carbocycles. The molecule has 0 aromatic rings. The smallest absolute Gasteiger partial charge is 0.0575 e. The van der Waals surface area contributed by atoms with Crippen LogP contribution >= 0.6 is 0 Å². The van der Waals surface area contributed by atoms with Gasteiger partial charge >= 0.3 is 0 Å². The van der Waals surface area contributed by atoms with Crippen molar-refractivity contribution in [3.05, 3.63) is 0 Å². The van der Waals surface area contributed by atoms with Gasteiger partial charge in [-0.1, -0.05) is 84.1 Å². The highest BCUT2D eigenvalue weighted by molar-refractivity contribution is 4.78. The van der Waals surface area contributed by atoms with Gasteiger partial charge in [-0.25, -0.2) is 0 Å². The van der Waals surface area contributed by atoms with Gasteiger partial charge in [-0.05, 0) is 148 Å². The molecule has 2 aliphatic heterocycles. The number of piperidine rings is 1. The lowest BCUT2D eigenvalue weighted by Crippen LogP contribution is -2.43. The molecule has 0 bridgehead atoms. The minimum Gasteiger partial charge on any atom is -0.378 e. The number of piperazine rings is 1. The van der Waals surface area contributed by atoms with E-state index in [2.05, 4.69) is 94.8 Å². The summed E-state index contributed by atoms with van der Waals surface area (Å²) in [7, 11) is 4.55. The Balaban J connectivity index is -0.000000566. The Hall–Kier alpha value is -0.240. The van der Waals surface area contributed by atoms with E-state index in [0.717, 1.165) is 42.4 Å². The number of hydrogen-bond acceptors (Lipinski definition) is 6. The number of ether oxygens (including phenoxy) is 1. The molecule has 2 saturated heterocycles. The lowest BCUT2D eigenvalue weighted by molar-refractivity contribution is -0.00222. The highest BCUT2D eigenvalue weighted by Crippen LogP contribution is 2.24. The van der Waals surface area contributed by atoms with Crippen LogP contribution < -0.4 is 10.6 Å². The van der Waals surface area contributed by atoms with E-state index >= 15 is 0 Å². The minimum atomic E-state index is 0. The summed E-state index contributed by atoms with van der Waals surface area (Å²) in [6.45, 7) is 30.4. The van der Waals surface area contributed by atoms with Crippen LogP contribution in [0, 0.1) is 23.7 Å². The third-order valence-electron chi connectivity index (χ3n) is 10.3. The second kappa shape index (κ2) is 33.6. The minimum absolute atomic E-state index is 0. The number of nitrogens with one attached hydrogen (secondary N) is 2. The fraction of sp³-hybridized carbons (Fsp3) is 1.00. The number of rotatable bonds is 16. The van der Waals surface area contributed by atoms with Crippen LogP contribution in [0.1, 0.15) is 161 Å². The van der Waals surface area contributed by atoms with Gasteiger partial charge in [0.1, 0.15) is 0 Å². The van der Waals surface area contributed by atoms with E-state index in [1.165, 1.54) is 142 Å². The Morgan fingerprint density at radius 1 is 0.571 bits per heavy atom. The molecule has 4 rings (SSSR count). The topological polar surface area (TPSA) is 43.0 Å². The first-order chi connectivity index (χ1) is 22.0. The third-order valence-corrected chi connectivity index (χ3v) is 10.3. The van der Waals surface area contributed by atoms with Crippen molar-refractivity contribution in [1.29, 1.82) is 0 Å². The van der Waals surface area contributed by atoms with Gasteiger partial charge < -0.3 is 30.1 Å². The van der Waals surface area contributed by atoms with Crippen LogP contribution in [-0.4, -0.2) is 112 Å². The van der Waals surface area contributed by atoms with Crippen LogP contribution in [0.2, 0.25) is 0 Å². The summed E-state index contributed by atoms with van der Waals surface area (Å²) in [4.78, 5) is 7.64. The highest BCUT2D eigenvalue weighted by Gasteiger charge is 2.21. The molecule has 300 valence electrons. The van der Waals surface area contributed by atoms with Gasteiger partial charge in [0.25, 0.3) is 0 Å². The van der Waals surface area contributed by atoms with Crippen LogP contribution in [-0.2, 0) is 4.74 Å². The SMILES string of the molecule is C.C.C.CC(C)CCCN1CCNCC1.CC(C)CCN(C)C1CCC1.CC(C)CCN(C)C1CCNCC1.CC(C)CCOC1CCC1. The highest BCUT2D eigenvalue weighted by atomic mass is 16.5. The Bertz CT molecular complexity index is 653. The fourth-order valence-corrected chi connectivity index (χ4v) is 6.03. The maximum absolute atomic E-state index is 5.59. The van der Waals surface area contributed by atoms with Crippen LogP contribution in [0.15, 0.2) is 0 Å². The van der Waals surface area contributed by atoms with Crippen LogP contribution in [0.25, 0.3) is 0 Å². The Morgan fingerprint density at radius 3 is 1.39 bits per heavy atom. The van der Waals surface area contributed by atoms with E-state index < -0.39 is 0 Å². The molecule has 0 aromatic heterocycles. The Labute approximate surface area is 312 Å². The predicted octanol–water partition coefficient (Wildman–Crippen LogP) is 10.1. The summed E-state index contributed by atoms with van der Waals surface area (Å²) < 4.78 is 5.59. The van der Waals surface area contributed by atoms with Crippen molar-refractivity contribution >= 4 is 0 Å². The van der Waals surface area contributed by atoms with E-state index in [-0.39, 0.29) is 22.3 Å². The molecule has 0 amide bonds. The summed E-state index contributed by atoms with van der Waals surface area (Å²) in [5.74, 6) is 3.36. The zero-order chi connectivity index (χ0) is 34.2. The predicted molar refractivity (Wildman–Crippen MR) is 224 cm³/mol. The standard InChI is InChI=1S/C11H24N2.C10H22N2.C10H21N.C9H18O.3CH4/c1-10(2)6-9-13(3)11-4-7-12-8-5-11;1-10(2)4-3-7-12-8-5-11-6-9-12;1-9(2)7-8-11(3)10-5-4-6-10;1-8(2)6-7-10-9-4-3-5-9;;;/h10-12H,4-9H2,1-3H3;10-11H,3-9H2,1-2H3;9-10H,4-8H2,1-3H3;8-9H,3-7H2,1-2H3;3*1H4. The maximum atomic E-state index is 5.59. The third kappa shape index (κ3) is 30.0. The van der Waals surface area contributed by atoms with Crippen molar-refractivity contribution in [3.63, 3.8) is 0 Å².